The predicted octanol–water partition coefficient (Wildman–Crippen LogP) is 1.87. The minimum absolute atomic E-state index is 0.00925. The van der Waals surface area contributed by atoms with Crippen LogP contribution in [-0.4, -0.2) is 28.4 Å². The van der Waals surface area contributed by atoms with E-state index in [0.29, 0.717) is 18.1 Å². The van der Waals surface area contributed by atoms with E-state index in [4.69, 9.17) is 14.2 Å². The average Bonchev–Trinajstić information content (AvgIpc) is 3.19. The molecule has 0 aliphatic carbocycles. The number of fused-ring (bicyclic) bond motifs is 2. The molecule has 1 atom stereocenters. The van der Waals surface area contributed by atoms with Gasteiger partial charge in [0.2, 0.25) is 16.8 Å². The molecule has 4 rings (SSSR count). The maximum Gasteiger partial charge on any atom is 0.240 e. The summed E-state index contributed by atoms with van der Waals surface area (Å²) in [4.78, 5) is 0.161. The third kappa shape index (κ3) is 2.62. The number of ether oxygens (including phenoxy) is 3. The minimum atomic E-state index is -3.61. The summed E-state index contributed by atoms with van der Waals surface area (Å²) < 4.78 is 43.5. The van der Waals surface area contributed by atoms with Gasteiger partial charge in [0.15, 0.2) is 11.5 Å². The number of hydrogen-bond acceptors (Lipinski definition) is 5. The van der Waals surface area contributed by atoms with Gasteiger partial charge in [0.05, 0.1) is 11.5 Å². The fourth-order valence-electron chi connectivity index (χ4n) is 2.74. The number of rotatable bonds is 4. The van der Waals surface area contributed by atoms with E-state index in [-0.39, 0.29) is 24.2 Å². The van der Waals surface area contributed by atoms with Crippen LogP contribution in [0.25, 0.3) is 0 Å². The molecule has 1 N–H and O–H groups in total. The van der Waals surface area contributed by atoms with Crippen molar-refractivity contribution in [3.8, 4) is 17.2 Å². The molecule has 0 amide bonds. The van der Waals surface area contributed by atoms with E-state index in [0.717, 1.165) is 11.3 Å². The molecule has 7 heteroatoms. The van der Waals surface area contributed by atoms with Gasteiger partial charge in [-0.1, -0.05) is 18.2 Å². The van der Waals surface area contributed by atoms with Crippen LogP contribution >= 0.6 is 0 Å². The summed E-state index contributed by atoms with van der Waals surface area (Å²) >= 11 is 0. The van der Waals surface area contributed by atoms with Gasteiger partial charge in [-0.25, -0.2) is 13.1 Å². The Morgan fingerprint density at radius 2 is 1.83 bits per heavy atom. The van der Waals surface area contributed by atoms with Crippen molar-refractivity contribution >= 4 is 10.0 Å². The van der Waals surface area contributed by atoms with E-state index in [1.54, 1.807) is 6.07 Å². The minimum Gasteiger partial charge on any atom is -0.493 e. The molecule has 0 spiro atoms. The van der Waals surface area contributed by atoms with Gasteiger partial charge in [0.25, 0.3) is 0 Å². The Hall–Kier alpha value is -2.25. The van der Waals surface area contributed by atoms with E-state index < -0.39 is 10.0 Å². The monoisotopic (exact) mass is 333 g/mol. The Balaban J connectivity index is 1.50. The smallest absolute Gasteiger partial charge is 0.240 e. The second kappa shape index (κ2) is 5.43. The molecular weight excluding hydrogens is 318 g/mol. The van der Waals surface area contributed by atoms with Gasteiger partial charge in [0.1, 0.15) is 5.75 Å². The fourth-order valence-corrected chi connectivity index (χ4v) is 3.83. The highest BCUT2D eigenvalue weighted by Crippen LogP contribution is 2.35. The van der Waals surface area contributed by atoms with Crippen molar-refractivity contribution in [2.24, 2.45) is 0 Å². The summed E-state index contributed by atoms with van der Waals surface area (Å²) in [5, 5.41) is 0. The van der Waals surface area contributed by atoms with Crippen LogP contribution in [0.4, 0.5) is 0 Å². The SMILES string of the molecule is O=S(=O)(NCC1COc2ccccc21)c1ccc2c(c1)OCO2. The molecule has 0 radical (unpaired) electrons. The first-order chi connectivity index (χ1) is 11.1. The van der Waals surface area contributed by atoms with Crippen LogP contribution < -0.4 is 18.9 Å². The maximum absolute atomic E-state index is 12.5. The Kier molecular flexibility index (Phi) is 3.39. The van der Waals surface area contributed by atoms with Gasteiger partial charge < -0.3 is 14.2 Å². The summed E-state index contributed by atoms with van der Waals surface area (Å²) in [5.41, 5.74) is 1.03. The first-order valence-electron chi connectivity index (χ1n) is 7.24. The molecule has 2 aliphatic rings. The Bertz CT molecular complexity index is 849. The highest BCUT2D eigenvalue weighted by Gasteiger charge is 2.26. The molecule has 0 saturated heterocycles. The lowest BCUT2D eigenvalue weighted by Crippen LogP contribution is -2.29. The quantitative estimate of drug-likeness (QED) is 0.925. The third-order valence-corrected chi connectivity index (χ3v) is 5.39. The van der Waals surface area contributed by atoms with E-state index in [9.17, 15) is 8.42 Å². The number of benzene rings is 2. The standard InChI is InChI=1S/C16H15NO5S/c18-23(19,12-5-6-15-16(7-12)22-10-21-15)17-8-11-9-20-14-4-2-1-3-13(11)14/h1-7,11,17H,8-10H2. The molecule has 0 bridgehead atoms. The van der Waals surface area contributed by atoms with Crippen LogP contribution in [0, 0.1) is 0 Å². The lowest BCUT2D eigenvalue weighted by Gasteiger charge is -2.11. The molecule has 2 aromatic carbocycles. The first kappa shape index (κ1) is 14.3. The fraction of sp³-hybridized carbons (Fsp3) is 0.250. The van der Waals surface area contributed by atoms with Crippen molar-refractivity contribution in [1.29, 1.82) is 0 Å². The van der Waals surface area contributed by atoms with Gasteiger partial charge in [-0.15, -0.1) is 0 Å². The zero-order chi connectivity index (χ0) is 15.9. The number of hydrogen-bond donors (Lipinski definition) is 1. The second-order valence-electron chi connectivity index (χ2n) is 5.41. The summed E-state index contributed by atoms with van der Waals surface area (Å²) in [7, 11) is -3.61. The number of sulfonamides is 1. The molecular formula is C16H15NO5S. The molecule has 120 valence electrons. The van der Waals surface area contributed by atoms with Gasteiger partial charge >= 0.3 is 0 Å². The highest BCUT2D eigenvalue weighted by atomic mass is 32.2. The lowest BCUT2D eigenvalue weighted by molar-refractivity contribution is 0.174. The summed E-state index contributed by atoms with van der Waals surface area (Å²) in [6, 6.07) is 12.3. The maximum atomic E-state index is 12.5. The zero-order valence-corrected chi connectivity index (χ0v) is 13.0. The Morgan fingerprint density at radius 3 is 2.74 bits per heavy atom. The average molecular weight is 333 g/mol. The summed E-state index contributed by atoms with van der Waals surface area (Å²) in [6.45, 7) is 0.874. The van der Waals surface area contributed by atoms with E-state index in [2.05, 4.69) is 4.72 Å². The molecule has 23 heavy (non-hydrogen) atoms. The van der Waals surface area contributed by atoms with Crippen LogP contribution in [-0.2, 0) is 10.0 Å². The second-order valence-corrected chi connectivity index (χ2v) is 7.18. The van der Waals surface area contributed by atoms with Crippen LogP contribution in [0.1, 0.15) is 11.5 Å². The molecule has 2 heterocycles. The van der Waals surface area contributed by atoms with Gasteiger partial charge in [0, 0.05) is 24.1 Å². The molecule has 0 aromatic heterocycles. The van der Waals surface area contributed by atoms with E-state index in [1.807, 2.05) is 24.3 Å². The van der Waals surface area contributed by atoms with Crippen molar-refractivity contribution < 1.29 is 22.6 Å². The summed E-state index contributed by atoms with van der Waals surface area (Å²) in [6.07, 6.45) is 0. The van der Waals surface area contributed by atoms with Crippen LogP contribution in [0.2, 0.25) is 0 Å². The molecule has 0 saturated carbocycles. The first-order valence-corrected chi connectivity index (χ1v) is 8.73. The Morgan fingerprint density at radius 1 is 1.00 bits per heavy atom. The predicted molar refractivity (Wildman–Crippen MR) is 82.4 cm³/mol. The largest absolute Gasteiger partial charge is 0.493 e. The molecule has 6 nitrogen and oxygen atoms in total. The molecule has 1 unspecified atom stereocenters. The topological polar surface area (TPSA) is 73.9 Å². The van der Waals surface area contributed by atoms with Crippen molar-refractivity contribution in [2.45, 2.75) is 10.8 Å². The van der Waals surface area contributed by atoms with E-state index in [1.165, 1.54) is 12.1 Å². The summed E-state index contributed by atoms with van der Waals surface area (Å²) in [5.74, 6) is 1.83. The zero-order valence-electron chi connectivity index (χ0n) is 12.2. The van der Waals surface area contributed by atoms with Crippen molar-refractivity contribution in [3.05, 3.63) is 48.0 Å². The van der Waals surface area contributed by atoms with Gasteiger partial charge in [-0.3, -0.25) is 0 Å². The van der Waals surface area contributed by atoms with Gasteiger partial charge in [-0.2, -0.15) is 0 Å². The van der Waals surface area contributed by atoms with Gasteiger partial charge in [-0.05, 0) is 18.2 Å². The lowest BCUT2D eigenvalue weighted by atomic mass is 10.0. The van der Waals surface area contributed by atoms with E-state index >= 15 is 0 Å². The van der Waals surface area contributed by atoms with Crippen molar-refractivity contribution in [1.82, 2.24) is 4.72 Å². The molecule has 0 fully saturated rings. The highest BCUT2D eigenvalue weighted by molar-refractivity contribution is 7.89. The van der Waals surface area contributed by atoms with Crippen molar-refractivity contribution in [2.75, 3.05) is 19.9 Å². The number of nitrogens with one attached hydrogen (secondary N) is 1. The van der Waals surface area contributed by atoms with Crippen LogP contribution in [0.15, 0.2) is 47.4 Å². The normalized spacial score (nSPS) is 18.5. The van der Waals surface area contributed by atoms with Crippen LogP contribution in [0.5, 0.6) is 17.2 Å². The molecule has 2 aliphatic heterocycles. The Labute approximate surface area is 134 Å². The third-order valence-electron chi connectivity index (χ3n) is 3.97. The number of para-hydroxylation sites is 1. The molecule has 2 aromatic rings. The van der Waals surface area contributed by atoms with Crippen LogP contribution in [0.3, 0.4) is 0 Å². The van der Waals surface area contributed by atoms with Crippen molar-refractivity contribution in [3.63, 3.8) is 0 Å².